The number of aliphatic hydroxyl groups is 1. The average Bonchev–Trinajstić information content (AvgIpc) is 2.16. The van der Waals surface area contributed by atoms with Crippen molar-refractivity contribution in [1.29, 1.82) is 0 Å². The van der Waals surface area contributed by atoms with E-state index in [0.29, 0.717) is 19.2 Å². The van der Waals surface area contributed by atoms with Gasteiger partial charge in [0.2, 0.25) is 0 Å². The molecule has 1 aromatic rings. The van der Waals surface area contributed by atoms with E-state index in [-0.39, 0.29) is 12.1 Å². The zero-order chi connectivity index (χ0) is 12.6. The molecule has 94 valence electrons. The quantitative estimate of drug-likeness (QED) is 0.810. The van der Waals surface area contributed by atoms with Crippen LogP contribution in [0.1, 0.15) is 11.1 Å². The van der Waals surface area contributed by atoms with Gasteiger partial charge in [0, 0.05) is 25.2 Å². The molecule has 1 aliphatic rings. The van der Waals surface area contributed by atoms with Crippen LogP contribution in [0.15, 0.2) is 18.2 Å². The molecule has 1 saturated heterocycles. The molecule has 0 unspecified atom stereocenters. The lowest BCUT2D eigenvalue weighted by Gasteiger charge is -2.35. The van der Waals surface area contributed by atoms with Gasteiger partial charge < -0.3 is 5.11 Å². The lowest BCUT2D eigenvalue weighted by Crippen LogP contribution is -2.49. The van der Waals surface area contributed by atoms with Crippen molar-refractivity contribution in [2.75, 3.05) is 13.1 Å². The summed E-state index contributed by atoms with van der Waals surface area (Å²) < 4.78 is 50.3. The maximum Gasteiger partial charge on any atom is 0.416 e. The fourth-order valence-electron chi connectivity index (χ4n) is 1.76. The number of likely N-dealkylation sites (tertiary alicyclic amines) is 1. The van der Waals surface area contributed by atoms with Crippen LogP contribution in [0, 0.1) is 5.82 Å². The fourth-order valence-corrected chi connectivity index (χ4v) is 1.76. The number of β-amino-alcohol motifs (C(OH)–C–C–N with tert-alkyl or cyclic N) is 1. The van der Waals surface area contributed by atoms with Crippen LogP contribution in [0.4, 0.5) is 17.6 Å². The average molecular weight is 249 g/mol. The van der Waals surface area contributed by atoms with Crippen molar-refractivity contribution in [3.63, 3.8) is 0 Å². The molecular weight excluding hydrogens is 238 g/mol. The van der Waals surface area contributed by atoms with Gasteiger partial charge in [-0.1, -0.05) is 6.07 Å². The van der Waals surface area contributed by atoms with E-state index in [1.54, 1.807) is 4.90 Å². The second-order valence-electron chi connectivity index (χ2n) is 4.15. The Labute approximate surface area is 95.5 Å². The Hall–Kier alpha value is -1.14. The molecule has 0 amide bonds. The highest BCUT2D eigenvalue weighted by atomic mass is 19.4. The van der Waals surface area contributed by atoms with Crippen molar-refractivity contribution in [3.8, 4) is 0 Å². The Bertz CT molecular complexity index is 412. The Morgan fingerprint density at radius 3 is 2.41 bits per heavy atom. The Morgan fingerprint density at radius 1 is 1.29 bits per heavy atom. The number of hydrogen-bond donors (Lipinski definition) is 1. The third kappa shape index (κ3) is 2.76. The summed E-state index contributed by atoms with van der Waals surface area (Å²) in [6, 6.07) is 2.52. The molecule has 0 radical (unpaired) electrons. The first kappa shape index (κ1) is 12.3. The third-order valence-corrected chi connectivity index (χ3v) is 2.71. The van der Waals surface area contributed by atoms with Gasteiger partial charge in [-0.2, -0.15) is 13.2 Å². The smallest absolute Gasteiger partial charge is 0.390 e. The molecule has 1 aromatic carbocycles. The van der Waals surface area contributed by atoms with Crippen molar-refractivity contribution in [2.24, 2.45) is 0 Å². The van der Waals surface area contributed by atoms with E-state index < -0.39 is 23.7 Å². The van der Waals surface area contributed by atoms with Crippen LogP contribution in [0.5, 0.6) is 0 Å². The van der Waals surface area contributed by atoms with Crippen LogP contribution >= 0.6 is 0 Å². The number of aliphatic hydroxyl groups excluding tert-OH is 1. The minimum absolute atomic E-state index is 0.213. The highest BCUT2D eigenvalue weighted by Crippen LogP contribution is 2.30. The second-order valence-corrected chi connectivity index (χ2v) is 4.15. The lowest BCUT2D eigenvalue weighted by molar-refractivity contribution is -0.137. The number of nitrogens with zero attached hydrogens (tertiary/aromatic N) is 1. The van der Waals surface area contributed by atoms with Crippen molar-refractivity contribution in [1.82, 2.24) is 4.90 Å². The normalized spacial score (nSPS) is 18.2. The van der Waals surface area contributed by atoms with Gasteiger partial charge in [0.15, 0.2) is 0 Å². The van der Waals surface area contributed by atoms with E-state index in [2.05, 4.69) is 0 Å². The summed E-state index contributed by atoms with van der Waals surface area (Å²) in [5.41, 5.74) is -0.771. The summed E-state index contributed by atoms with van der Waals surface area (Å²) in [6.45, 7) is 1.09. The summed E-state index contributed by atoms with van der Waals surface area (Å²) >= 11 is 0. The number of halogens is 4. The van der Waals surface area contributed by atoms with E-state index in [1.165, 1.54) is 0 Å². The minimum atomic E-state index is -4.52. The van der Waals surface area contributed by atoms with Crippen molar-refractivity contribution in [3.05, 3.63) is 35.1 Å². The highest BCUT2D eigenvalue weighted by Gasteiger charge is 2.31. The van der Waals surface area contributed by atoms with Crippen LogP contribution in [0.3, 0.4) is 0 Å². The summed E-state index contributed by atoms with van der Waals surface area (Å²) in [5.74, 6) is -0.860. The van der Waals surface area contributed by atoms with Gasteiger partial charge >= 0.3 is 6.18 Å². The van der Waals surface area contributed by atoms with Gasteiger partial charge in [0.05, 0.1) is 11.7 Å². The van der Waals surface area contributed by atoms with Gasteiger partial charge in [-0.25, -0.2) is 4.39 Å². The van der Waals surface area contributed by atoms with Crippen LogP contribution in [-0.2, 0) is 12.7 Å². The van der Waals surface area contributed by atoms with Crippen molar-refractivity contribution < 1.29 is 22.7 Å². The first-order chi connectivity index (χ1) is 7.86. The zero-order valence-electron chi connectivity index (χ0n) is 8.84. The Morgan fingerprint density at radius 2 is 1.94 bits per heavy atom. The highest BCUT2D eigenvalue weighted by molar-refractivity contribution is 5.26. The van der Waals surface area contributed by atoms with Gasteiger partial charge in [-0.15, -0.1) is 0 Å². The number of alkyl halides is 3. The SMILES string of the molecule is OC1CN(Cc2ccc(C(F)(F)F)cc2F)C1. The largest absolute Gasteiger partial charge is 0.416 e. The maximum atomic E-state index is 13.4. The molecule has 1 N–H and O–H groups in total. The van der Waals surface area contributed by atoms with E-state index in [9.17, 15) is 17.6 Å². The number of rotatable bonds is 2. The summed E-state index contributed by atoms with van der Waals surface area (Å²) in [6.07, 6.45) is -4.93. The molecule has 0 spiro atoms. The molecule has 6 heteroatoms. The monoisotopic (exact) mass is 249 g/mol. The van der Waals surface area contributed by atoms with E-state index in [4.69, 9.17) is 5.11 Å². The van der Waals surface area contributed by atoms with Crippen LogP contribution in [0.25, 0.3) is 0 Å². The van der Waals surface area contributed by atoms with E-state index in [1.807, 2.05) is 0 Å². The summed E-state index contributed by atoms with van der Waals surface area (Å²) in [5, 5.41) is 9.03. The number of hydrogen-bond acceptors (Lipinski definition) is 2. The zero-order valence-corrected chi connectivity index (χ0v) is 8.84. The number of benzene rings is 1. The van der Waals surface area contributed by atoms with Crippen molar-refractivity contribution >= 4 is 0 Å². The first-order valence-electron chi connectivity index (χ1n) is 5.12. The second kappa shape index (κ2) is 4.27. The topological polar surface area (TPSA) is 23.5 Å². The standard InChI is InChI=1S/C11H11F4NO/c12-10-3-8(11(13,14)15)2-1-7(10)4-16-5-9(17)6-16/h1-3,9,17H,4-6H2. The molecule has 0 aliphatic carbocycles. The fraction of sp³-hybridized carbons (Fsp3) is 0.455. The van der Waals surface area contributed by atoms with Crippen molar-refractivity contribution in [2.45, 2.75) is 18.8 Å². The molecule has 0 bridgehead atoms. The van der Waals surface area contributed by atoms with Gasteiger partial charge in [-0.3, -0.25) is 4.90 Å². The van der Waals surface area contributed by atoms with Crippen LogP contribution < -0.4 is 0 Å². The molecule has 0 saturated carbocycles. The molecule has 1 aliphatic heterocycles. The molecule has 17 heavy (non-hydrogen) atoms. The molecule has 0 aromatic heterocycles. The maximum absolute atomic E-state index is 13.4. The molecule has 2 rings (SSSR count). The summed E-state index contributed by atoms with van der Waals surface area (Å²) in [4.78, 5) is 1.76. The molecule has 2 nitrogen and oxygen atoms in total. The van der Waals surface area contributed by atoms with Gasteiger partial charge in [0.25, 0.3) is 0 Å². The van der Waals surface area contributed by atoms with E-state index >= 15 is 0 Å². The summed E-state index contributed by atoms with van der Waals surface area (Å²) in [7, 11) is 0. The molecular formula is C11H11F4NO. The molecule has 1 fully saturated rings. The predicted octanol–water partition coefficient (Wildman–Crippen LogP) is 2.02. The molecule has 1 heterocycles. The molecule has 0 atom stereocenters. The first-order valence-corrected chi connectivity index (χ1v) is 5.12. The Kier molecular flexibility index (Phi) is 3.09. The van der Waals surface area contributed by atoms with Crippen LogP contribution in [-0.4, -0.2) is 29.2 Å². The predicted molar refractivity (Wildman–Crippen MR) is 52.7 cm³/mol. The minimum Gasteiger partial charge on any atom is -0.390 e. The van der Waals surface area contributed by atoms with Crippen LogP contribution in [0.2, 0.25) is 0 Å². The van der Waals surface area contributed by atoms with Gasteiger partial charge in [0.1, 0.15) is 5.82 Å². The van der Waals surface area contributed by atoms with E-state index in [0.717, 1.165) is 12.1 Å². The lowest BCUT2D eigenvalue weighted by atomic mass is 10.1. The third-order valence-electron chi connectivity index (χ3n) is 2.71. The Balaban J connectivity index is 2.09. The van der Waals surface area contributed by atoms with Gasteiger partial charge in [-0.05, 0) is 12.1 Å².